The minimum atomic E-state index is -0.702. The van der Waals surface area contributed by atoms with E-state index in [1.165, 1.54) is 30.1 Å². The molecular weight excluding hydrogens is 480 g/mol. The maximum Gasteiger partial charge on any atom is 0.263 e. The van der Waals surface area contributed by atoms with E-state index in [4.69, 9.17) is 38.4 Å². The Bertz CT molecular complexity index is 1250. The van der Waals surface area contributed by atoms with E-state index < -0.39 is 11.7 Å². The molecule has 3 aromatic rings. The molecule has 1 aromatic heterocycles. The van der Waals surface area contributed by atoms with Gasteiger partial charge in [-0.05, 0) is 55.2 Å². The normalized spacial score (nSPS) is 19.4. The summed E-state index contributed by atoms with van der Waals surface area (Å²) in [6, 6.07) is 11.5. The van der Waals surface area contributed by atoms with E-state index in [0.717, 1.165) is 30.4 Å². The first-order chi connectivity index (χ1) is 16.3. The Kier molecular flexibility index (Phi) is 6.20. The number of anilines is 1. The highest BCUT2D eigenvalue weighted by Crippen LogP contribution is 2.41. The van der Waals surface area contributed by atoms with Crippen LogP contribution >= 0.6 is 23.2 Å². The van der Waals surface area contributed by atoms with Crippen LogP contribution in [0.3, 0.4) is 0 Å². The highest BCUT2D eigenvalue weighted by atomic mass is 35.5. The minimum absolute atomic E-state index is 0.0241. The Balaban J connectivity index is 1.53. The first kappa shape index (κ1) is 23.1. The summed E-state index contributed by atoms with van der Waals surface area (Å²) in [4.78, 5) is 18.9. The Morgan fingerprint density at radius 3 is 2.62 bits per heavy atom. The predicted octanol–water partition coefficient (Wildman–Crippen LogP) is 5.76. The molecule has 1 aliphatic heterocycles. The van der Waals surface area contributed by atoms with Gasteiger partial charge >= 0.3 is 0 Å². The molecule has 5 rings (SSSR count). The number of epoxide rings is 1. The molecule has 176 valence electrons. The lowest BCUT2D eigenvalue weighted by atomic mass is 9.96. The molecule has 2 aliphatic rings. The van der Waals surface area contributed by atoms with Crippen molar-refractivity contribution in [2.24, 2.45) is 5.73 Å². The number of carbonyl (C=O) groups is 1. The smallest absolute Gasteiger partial charge is 0.263 e. The van der Waals surface area contributed by atoms with Crippen LogP contribution in [0.15, 0.2) is 48.7 Å². The topological polar surface area (TPSA) is 81.0 Å². The van der Waals surface area contributed by atoms with E-state index >= 15 is 0 Å². The van der Waals surface area contributed by atoms with Crippen molar-refractivity contribution in [1.82, 2.24) is 4.98 Å². The van der Waals surface area contributed by atoms with E-state index in [9.17, 15) is 9.18 Å². The van der Waals surface area contributed by atoms with Gasteiger partial charge in [0.1, 0.15) is 18.1 Å². The summed E-state index contributed by atoms with van der Waals surface area (Å²) in [6.07, 6.45) is 4.04. The van der Waals surface area contributed by atoms with E-state index in [0.29, 0.717) is 16.3 Å². The Hall–Kier alpha value is -2.71. The van der Waals surface area contributed by atoms with Gasteiger partial charge in [-0.1, -0.05) is 35.3 Å². The molecule has 2 fully saturated rings. The molecule has 2 N–H and O–H groups in total. The zero-order valence-electron chi connectivity index (χ0n) is 18.3. The SMILES string of the molecule is CN(C(=O)c1c(F)cccc1Cl)c1ncc(-c2cc(C3OC3N)ccc2Cl)cc1OC1CCC1. The molecule has 0 spiro atoms. The van der Waals surface area contributed by atoms with Crippen LogP contribution in [0, 0.1) is 5.82 Å². The summed E-state index contributed by atoms with van der Waals surface area (Å²) in [5.41, 5.74) is 7.97. The maximum atomic E-state index is 14.4. The molecule has 0 radical (unpaired) electrons. The first-order valence-corrected chi connectivity index (χ1v) is 11.7. The van der Waals surface area contributed by atoms with Crippen LogP contribution in [0.2, 0.25) is 10.0 Å². The third kappa shape index (κ3) is 4.36. The lowest BCUT2D eigenvalue weighted by Crippen LogP contribution is -2.30. The van der Waals surface area contributed by atoms with Gasteiger partial charge in [0, 0.05) is 29.4 Å². The Morgan fingerprint density at radius 1 is 1.21 bits per heavy atom. The number of aromatic nitrogens is 1. The molecule has 2 atom stereocenters. The van der Waals surface area contributed by atoms with Crippen LogP contribution in [-0.4, -0.2) is 30.3 Å². The van der Waals surface area contributed by atoms with Crippen LogP contribution in [0.4, 0.5) is 10.2 Å². The summed E-state index contributed by atoms with van der Waals surface area (Å²) in [6.45, 7) is 0. The second-order valence-electron chi connectivity index (χ2n) is 8.44. The van der Waals surface area contributed by atoms with E-state index in [1.54, 1.807) is 18.3 Å². The van der Waals surface area contributed by atoms with Crippen LogP contribution < -0.4 is 15.4 Å². The van der Waals surface area contributed by atoms with Crippen molar-refractivity contribution in [1.29, 1.82) is 0 Å². The number of rotatable bonds is 6. The first-order valence-electron chi connectivity index (χ1n) is 10.9. The molecule has 34 heavy (non-hydrogen) atoms. The summed E-state index contributed by atoms with van der Waals surface area (Å²) in [5.74, 6) is -0.653. The van der Waals surface area contributed by atoms with Gasteiger partial charge in [0.15, 0.2) is 11.6 Å². The number of carbonyl (C=O) groups excluding carboxylic acids is 1. The van der Waals surface area contributed by atoms with Gasteiger partial charge in [-0.2, -0.15) is 0 Å². The van der Waals surface area contributed by atoms with Crippen molar-refractivity contribution in [3.63, 3.8) is 0 Å². The van der Waals surface area contributed by atoms with Crippen LogP contribution in [0.1, 0.15) is 41.3 Å². The maximum absolute atomic E-state index is 14.4. The van der Waals surface area contributed by atoms with Gasteiger partial charge in [-0.25, -0.2) is 9.37 Å². The quantitative estimate of drug-likeness (QED) is 0.434. The molecule has 1 aliphatic carbocycles. The van der Waals surface area contributed by atoms with E-state index in [-0.39, 0.29) is 34.8 Å². The van der Waals surface area contributed by atoms with Crippen LogP contribution in [0.25, 0.3) is 11.1 Å². The van der Waals surface area contributed by atoms with Gasteiger partial charge in [0.05, 0.1) is 16.7 Å². The van der Waals surface area contributed by atoms with Crippen molar-refractivity contribution >= 4 is 34.9 Å². The number of hydrogen-bond donors (Lipinski definition) is 1. The lowest BCUT2D eigenvalue weighted by Gasteiger charge is -2.29. The summed E-state index contributed by atoms with van der Waals surface area (Å²) in [5, 5.41) is 0.559. The fourth-order valence-electron chi connectivity index (χ4n) is 3.89. The fraction of sp³-hybridized carbons (Fsp3) is 0.280. The highest BCUT2D eigenvalue weighted by molar-refractivity contribution is 6.34. The zero-order chi connectivity index (χ0) is 24.0. The van der Waals surface area contributed by atoms with Crippen molar-refractivity contribution in [3.8, 4) is 16.9 Å². The average Bonchev–Trinajstić information content (AvgIpc) is 3.52. The van der Waals surface area contributed by atoms with Crippen LogP contribution in [0.5, 0.6) is 5.75 Å². The zero-order valence-corrected chi connectivity index (χ0v) is 19.8. The monoisotopic (exact) mass is 501 g/mol. The van der Waals surface area contributed by atoms with Gasteiger partial charge < -0.3 is 15.2 Å². The number of pyridine rings is 1. The van der Waals surface area contributed by atoms with Crippen molar-refractivity contribution in [2.45, 2.75) is 37.7 Å². The third-order valence-corrected chi connectivity index (χ3v) is 6.78. The number of ether oxygens (including phenoxy) is 2. The number of halogens is 3. The molecule has 1 saturated carbocycles. The lowest BCUT2D eigenvalue weighted by molar-refractivity contribution is 0.0981. The van der Waals surface area contributed by atoms with Crippen molar-refractivity contribution in [3.05, 3.63) is 75.7 Å². The third-order valence-electron chi connectivity index (χ3n) is 6.13. The van der Waals surface area contributed by atoms with Gasteiger partial charge in [-0.3, -0.25) is 9.69 Å². The van der Waals surface area contributed by atoms with E-state index in [1.807, 2.05) is 12.1 Å². The second kappa shape index (κ2) is 9.15. The molecular formula is C25H22Cl2FN3O3. The number of hydrogen-bond acceptors (Lipinski definition) is 5. The Labute approximate surface area is 206 Å². The summed E-state index contributed by atoms with van der Waals surface area (Å²) >= 11 is 12.6. The van der Waals surface area contributed by atoms with Gasteiger partial charge in [0.2, 0.25) is 0 Å². The fourth-order valence-corrected chi connectivity index (χ4v) is 4.36. The molecule has 9 heteroatoms. The summed E-state index contributed by atoms with van der Waals surface area (Å²) < 4.78 is 26.0. The molecule has 2 aromatic carbocycles. The standard InChI is InChI=1S/C25H22Cl2FN3O3/c1-31(25(32)21-18(27)6-3-7-19(21)28)24-20(33-15-4-2-5-15)11-14(12-30-24)16-10-13(8-9-17(16)26)22-23(29)34-22/h3,6-12,15,22-23H,2,4-5,29H2,1H3. The second-order valence-corrected chi connectivity index (χ2v) is 9.25. The van der Waals surface area contributed by atoms with Gasteiger partial charge in [-0.15, -0.1) is 0 Å². The van der Waals surface area contributed by atoms with E-state index in [2.05, 4.69) is 4.98 Å². The number of amides is 1. The van der Waals surface area contributed by atoms with Gasteiger partial charge in [0.25, 0.3) is 5.91 Å². The summed E-state index contributed by atoms with van der Waals surface area (Å²) in [7, 11) is 1.51. The average molecular weight is 502 g/mol. The highest BCUT2D eigenvalue weighted by Gasteiger charge is 2.37. The molecule has 2 heterocycles. The molecule has 1 amide bonds. The molecule has 6 nitrogen and oxygen atoms in total. The number of nitrogens with zero attached hydrogens (tertiary/aromatic N) is 2. The number of benzene rings is 2. The molecule has 0 bridgehead atoms. The largest absolute Gasteiger partial charge is 0.487 e. The van der Waals surface area contributed by atoms with Crippen molar-refractivity contribution < 1.29 is 18.7 Å². The number of nitrogens with two attached hydrogens (primary N) is 1. The van der Waals surface area contributed by atoms with Crippen LogP contribution in [-0.2, 0) is 4.74 Å². The molecule has 1 saturated heterocycles. The molecule has 2 unspecified atom stereocenters. The Morgan fingerprint density at radius 2 is 1.97 bits per heavy atom. The minimum Gasteiger partial charge on any atom is -0.487 e. The van der Waals surface area contributed by atoms with Crippen molar-refractivity contribution in [2.75, 3.05) is 11.9 Å². The predicted molar refractivity (Wildman–Crippen MR) is 129 cm³/mol.